The highest BCUT2D eigenvalue weighted by atomic mass is 19.1. The van der Waals surface area contributed by atoms with Gasteiger partial charge in [0.2, 0.25) is 0 Å². The summed E-state index contributed by atoms with van der Waals surface area (Å²) in [6, 6.07) is 17.9. The molecule has 152 valence electrons. The van der Waals surface area contributed by atoms with E-state index in [1.54, 1.807) is 19.2 Å². The summed E-state index contributed by atoms with van der Waals surface area (Å²) in [5.41, 5.74) is 4.36. The van der Waals surface area contributed by atoms with Crippen LogP contribution in [-0.4, -0.2) is 19.8 Å². The predicted octanol–water partition coefficient (Wildman–Crippen LogP) is 3.97. The maximum atomic E-state index is 14.1. The Morgan fingerprint density at radius 3 is 2.47 bits per heavy atom. The molecule has 0 N–H and O–H groups in total. The van der Waals surface area contributed by atoms with Gasteiger partial charge in [0.05, 0.1) is 5.69 Å². The summed E-state index contributed by atoms with van der Waals surface area (Å²) in [4.78, 5) is 12.3. The third kappa shape index (κ3) is 3.61. The van der Waals surface area contributed by atoms with Crippen molar-refractivity contribution in [1.82, 2.24) is 19.8 Å². The van der Waals surface area contributed by atoms with Gasteiger partial charge in [-0.15, -0.1) is 0 Å². The highest BCUT2D eigenvalue weighted by molar-refractivity contribution is 5.66. The number of tetrazole rings is 1. The second kappa shape index (κ2) is 7.94. The number of rotatable bonds is 5. The van der Waals surface area contributed by atoms with Gasteiger partial charge in [0, 0.05) is 18.2 Å². The molecule has 7 heteroatoms. The lowest BCUT2D eigenvalue weighted by atomic mass is 10.0. The van der Waals surface area contributed by atoms with Crippen molar-refractivity contribution < 1.29 is 9.13 Å². The number of aromatic nitrogens is 4. The summed E-state index contributed by atoms with van der Waals surface area (Å²) in [5.74, 6) is 0.431. The SMILES string of the molecule is Cc1cc(-c2ccccc2F)ccc1OCc1c(C)cccc1-n1nnn(C)c1=O. The molecule has 3 aromatic carbocycles. The van der Waals surface area contributed by atoms with E-state index in [4.69, 9.17) is 4.74 Å². The fraction of sp³-hybridized carbons (Fsp3) is 0.174. The smallest absolute Gasteiger partial charge is 0.368 e. The summed E-state index contributed by atoms with van der Waals surface area (Å²) in [5, 5.41) is 7.73. The van der Waals surface area contributed by atoms with Crippen molar-refractivity contribution in [2.45, 2.75) is 20.5 Å². The van der Waals surface area contributed by atoms with Gasteiger partial charge < -0.3 is 4.74 Å². The summed E-state index contributed by atoms with van der Waals surface area (Å²) in [6.45, 7) is 4.13. The first-order valence-electron chi connectivity index (χ1n) is 9.52. The predicted molar refractivity (Wildman–Crippen MR) is 112 cm³/mol. The molecule has 1 heterocycles. The van der Waals surface area contributed by atoms with E-state index in [-0.39, 0.29) is 18.1 Å². The fourth-order valence-electron chi connectivity index (χ4n) is 3.36. The topological polar surface area (TPSA) is 61.9 Å². The van der Waals surface area contributed by atoms with E-state index in [0.717, 1.165) is 22.3 Å². The minimum Gasteiger partial charge on any atom is -0.489 e. The molecule has 0 spiro atoms. The van der Waals surface area contributed by atoms with Crippen LogP contribution in [0.2, 0.25) is 0 Å². The van der Waals surface area contributed by atoms with E-state index < -0.39 is 0 Å². The molecular weight excluding hydrogens is 383 g/mol. The summed E-state index contributed by atoms with van der Waals surface area (Å²) >= 11 is 0. The fourth-order valence-corrected chi connectivity index (χ4v) is 3.36. The Labute approximate surface area is 173 Å². The van der Waals surface area contributed by atoms with Crippen molar-refractivity contribution in [3.05, 3.63) is 93.7 Å². The molecule has 1 aromatic heterocycles. The van der Waals surface area contributed by atoms with Crippen molar-refractivity contribution in [3.63, 3.8) is 0 Å². The van der Waals surface area contributed by atoms with Gasteiger partial charge >= 0.3 is 5.69 Å². The van der Waals surface area contributed by atoms with Gasteiger partial charge in [-0.1, -0.05) is 36.4 Å². The van der Waals surface area contributed by atoms with Gasteiger partial charge in [0.1, 0.15) is 18.2 Å². The van der Waals surface area contributed by atoms with Crippen molar-refractivity contribution in [2.75, 3.05) is 0 Å². The Morgan fingerprint density at radius 1 is 0.967 bits per heavy atom. The van der Waals surface area contributed by atoms with Gasteiger partial charge in [-0.05, 0) is 65.2 Å². The lowest BCUT2D eigenvalue weighted by molar-refractivity contribution is 0.302. The van der Waals surface area contributed by atoms with Crippen molar-refractivity contribution >= 4 is 0 Å². The Bertz CT molecular complexity index is 1280. The highest BCUT2D eigenvalue weighted by Gasteiger charge is 2.14. The Balaban J connectivity index is 1.62. The van der Waals surface area contributed by atoms with E-state index in [1.165, 1.54) is 15.4 Å². The zero-order chi connectivity index (χ0) is 21.3. The van der Waals surface area contributed by atoms with Crippen LogP contribution in [0.15, 0.2) is 65.5 Å². The minimum atomic E-state index is -0.327. The van der Waals surface area contributed by atoms with Crippen LogP contribution in [0.5, 0.6) is 5.75 Å². The number of nitrogens with zero attached hydrogens (tertiary/aromatic N) is 4. The molecule has 0 bridgehead atoms. The average molecular weight is 404 g/mol. The van der Waals surface area contributed by atoms with Crippen LogP contribution in [0.3, 0.4) is 0 Å². The molecule has 0 amide bonds. The third-order valence-electron chi connectivity index (χ3n) is 5.07. The first kappa shape index (κ1) is 19.6. The zero-order valence-electron chi connectivity index (χ0n) is 17.0. The maximum Gasteiger partial charge on any atom is 0.368 e. The molecular formula is C23H21FN4O2. The minimum absolute atomic E-state index is 0.255. The molecule has 4 aromatic rings. The molecule has 0 aliphatic heterocycles. The van der Waals surface area contributed by atoms with Crippen molar-refractivity contribution in [1.29, 1.82) is 0 Å². The van der Waals surface area contributed by atoms with Gasteiger partial charge in [-0.2, -0.15) is 9.36 Å². The first-order chi connectivity index (χ1) is 14.5. The maximum absolute atomic E-state index is 14.1. The molecule has 0 aliphatic rings. The molecule has 0 aliphatic carbocycles. The van der Waals surface area contributed by atoms with Gasteiger partial charge in [-0.3, -0.25) is 0 Å². The normalized spacial score (nSPS) is 10.9. The van der Waals surface area contributed by atoms with E-state index >= 15 is 0 Å². The van der Waals surface area contributed by atoms with Crippen molar-refractivity contribution in [2.24, 2.45) is 7.05 Å². The van der Waals surface area contributed by atoms with Gasteiger partial charge in [-0.25, -0.2) is 9.18 Å². The molecule has 0 radical (unpaired) electrons. The molecule has 4 rings (SSSR count). The van der Waals surface area contributed by atoms with Crippen LogP contribution >= 0.6 is 0 Å². The van der Waals surface area contributed by atoms with E-state index in [9.17, 15) is 9.18 Å². The molecule has 0 fully saturated rings. The molecule has 30 heavy (non-hydrogen) atoms. The van der Waals surface area contributed by atoms with E-state index in [0.29, 0.717) is 17.0 Å². The summed E-state index contributed by atoms with van der Waals surface area (Å²) in [6.07, 6.45) is 0. The quantitative estimate of drug-likeness (QED) is 0.505. The molecule has 0 unspecified atom stereocenters. The summed E-state index contributed by atoms with van der Waals surface area (Å²) in [7, 11) is 1.55. The number of aryl methyl sites for hydroxylation is 3. The second-order valence-corrected chi connectivity index (χ2v) is 7.12. The number of halogens is 1. The lowest BCUT2D eigenvalue weighted by Crippen LogP contribution is -2.23. The highest BCUT2D eigenvalue weighted by Crippen LogP contribution is 2.29. The lowest BCUT2D eigenvalue weighted by Gasteiger charge is -2.15. The summed E-state index contributed by atoms with van der Waals surface area (Å²) < 4.78 is 22.6. The van der Waals surface area contributed by atoms with Crippen LogP contribution in [0.1, 0.15) is 16.7 Å². The molecule has 6 nitrogen and oxygen atoms in total. The van der Waals surface area contributed by atoms with Crippen LogP contribution in [-0.2, 0) is 13.7 Å². The monoisotopic (exact) mass is 404 g/mol. The standard InChI is InChI=1S/C23H21FN4O2/c1-15-7-6-10-21(28-23(29)27(3)25-26-28)19(15)14-30-22-12-11-17(13-16(22)2)18-8-4-5-9-20(18)24/h4-13H,14H2,1-3H3. The van der Waals surface area contributed by atoms with Gasteiger partial charge in [0.15, 0.2) is 0 Å². The first-order valence-corrected chi connectivity index (χ1v) is 9.52. The number of ether oxygens (including phenoxy) is 1. The van der Waals surface area contributed by atoms with Gasteiger partial charge in [0.25, 0.3) is 0 Å². The van der Waals surface area contributed by atoms with Crippen LogP contribution in [0.4, 0.5) is 4.39 Å². The number of hydrogen-bond donors (Lipinski definition) is 0. The van der Waals surface area contributed by atoms with Crippen LogP contribution < -0.4 is 10.4 Å². The van der Waals surface area contributed by atoms with Crippen LogP contribution in [0, 0.1) is 19.7 Å². The molecule has 0 saturated carbocycles. The Hall–Kier alpha value is -3.74. The average Bonchev–Trinajstić information content (AvgIpc) is 3.06. The van der Waals surface area contributed by atoms with E-state index in [1.807, 2.05) is 56.3 Å². The second-order valence-electron chi connectivity index (χ2n) is 7.12. The number of hydrogen-bond acceptors (Lipinski definition) is 4. The third-order valence-corrected chi connectivity index (χ3v) is 5.07. The number of benzene rings is 3. The van der Waals surface area contributed by atoms with Crippen molar-refractivity contribution in [3.8, 4) is 22.6 Å². The zero-order valence-corrected chi connectivity index (χ0v) is 17.0. The largest absolute Gasteiger partial charge is 0.489 e. The Kier molecular flexibility index (Phi) is 5.18. The van der Waals surface area contributed by atoms with E-state index in [2.05, 4.69) is 10.4 Å². The van der Waals surface area contributed by atoms with Crippen LogP contribution in [0.25, 0.3) is 16.8 Å². The molecule has 0 saturated heterocycles. The Morgan fingerprint density at radius 2 is 1.77 bits per heavy atom. The molecule has 0 atom stereocenters.